The molecule has 0 saturated carbocycles. The fraction of sp³-hybridized carbons (Fsp3) is 0.500. The molecule has 0 aliphatic rings. The monoisotopic (exact) mass is 272 g/mol. The zero-order valence-electron chi connectivity index (χ0n) is 12.4. The van der Waals surface area contributed by atoms with E-state index in [9.17, 15) is 9.59 Å². The van der Waals surface area contributed by atoms with Gasteiger partial charge in [0.05, 0.1) is 11.1 Å². The van der Waals surface area contributed by atoms with Crippen LogP contribution in [0.3, 0.4) is 0 Å². The maximum absolute atomic E-state index is 10.3. The summed E-state index contributed by atoms with van der Waals surface area (Å²) in [5.74, 6) is 0. The smallest absolute Gasteiger partial charge is 0.211 e. The van der Waals surface area contributed by atoms with Gasteiger partial charge in [0.2, 0.25) is 12.2 Å². The highest BCUT2D eigenvalue weighted by Crippen LogP contribution is 2.20. The first-order valence-corrected chi connectivity index (χ1v) is 6.54. The zero-order chi connectivity index (χ0) is 15.2. The number of isocyanates is 2. The normalized spacial score (nSPS) is 11.4. The number of benzene rings is 1. The molecule has 0 radical (unpaired) electrons. The number of aliphatic imine (C=N–C) groups is 2. The molecular formula is C16H20N2O2. The lowest BCUT2D eigenvalue weighted by Gasteiger charge is -2.19. The second kappa shape index (κ2) is 6.42. The topological polar surface area (TPSA) is 58.9 Å². The molecule has 0 aromatic heterocycles. The zero-order valence-corrected chi connectivity index (χ0v) is 12.4. The molecule has 0 aliphatic heterocycles. The summed E-state index contributed by atoms with van der Waals surface area (Å²) in [6.07, 6.45) is 4.58. The molecular weight excluding hydrogens is 252 g/mol. The average molecular weight is 272 g/mol. The van der Waals surface area contributed by atoms with E-state index in [1.54, 1.807) is 12.2 Å². The molecule has 0 amide bonds. The summed E-state index contributed by atoms with van der Waals surface area (Å²) >= 11 is 0. The molecule has 1 rings (SSSR count). The summed E-state index contributed by atoms with van der Waals surface area (Å²) in [6.45, 7) is 7.59. The fourth-order valence-corrected chi connectivity index (χ4v) is 2.10. The number of hydrogen-bond donors (Lipinski definition) is 0. The Labute approximate surface area is 119 Å². The van der Waals surface area contributed by atoms with E-state index in [-0.39, 0.29) is 0 Å². The highest BCUT2D eigenvalue weighted by atomic mass is 16.1. The van der Waals surface area contributed by atoms with Crippen molar-refractivity contribution >= 4 is 12.2 Å². The van der Waals surface area contributed by atoms with Crippen LogP contribution in [-0.2, 0) is 22.4 Å². The van der Waals surface area contributed by atoms with Crippen molar-refractivity contribution in [2.24, 2.45) is 9.98 Å². The Morgan fingerprint density at radius 3 is 1.35 bits per heavy atom. The lowest BCUT2D eigenvalue weighted by molar-refractivity contribution is 0.497. The molecule has 0 heterocycles. The van der Waals surface area contributed by atoms with Gasteiger partial charge >= 0.3 is 0 Å². The van der Waals surface area contributed by atoms with E-state index in [0.29, 0.717) is 12.8 Å². The first-order valence-electron chi connectivity index (χ1n) is 6.54. The van der Waals surface area contributed by atoms with Gasteiger partial charge in [0, 0.05) is 0 Å². The van der Waals surface area contributed by atoms with Gasteiger partial charge in [-0.15, -0.1) is 0 Å². The molecule has 0 aliphatic carbocycles. The molecule has 20 heavy (non-hydrogen) atoms. The predicted molar refractivity (Wildman–Crippen MR) is 78.3 cm³/mol. The van der Waals surface area contributed by atoms with Crippen molar-refractivity contribution in [3.8, 4) is 0 Å². The van der Waals surface area contributed by atoms with Crippen LogP contribution in [0.2, 0.25) is 0 Å². The molecule has 1 aromatic rings. The summed E-state index contributed by atoms with van der Waals surface area (Å²) in [4.78, 5) is 28.3. The van der Waals surface area contributed by atoms with Crippen LogP contribution in [0.15, 0.2) is 34.3 Å². The van der Waals surface area contributed by atoms with Crippen molar-refractivity contribution in [3.05, 3.63) is 35.4 Å². The van der Waals surface area contributed by atoms with Gasteiger partial charge in [-0.25, -0.2) is 9.59 Å². The Morgan fingerprint density at radius 2 is 1.10 bits per heavy atom. The van der Waals surface area contributed by atoms with Crippen LogP contribution in [0.5, 0.6) is 0 Å². The van der Waals surface area contributed by atoms with E-state index in [2.05, 4.69) is 9.98 Å². The van der Waals surface area contributed by atoms with Crippen molar-refractivity contribution in [3.63, 3.8) is 0 Å². The standard InChI is InChI=1S/C16H20N2O2/c1-15(2,17-11-19)9-13-5-7-14(8-6-13)10-16(3,4)18-12-20/h5-8H,9-10H2,1-4H3. The highest BCUT2D eigenvalue weighted by Gasteiger charge is 2.19. The van der Waals surface area contributed by atoms with Crippen LogP contribution >= 0.6 is 0 Å². The van der Waals surface area contributed by atoms with Crippen molar-refractivity contribution in [2.75, 3.05) is 0 Å². The third kappa shape index (κ3) is 5.31. The molecule has 1 aromatic carbocycles. The maximum Gasteiger partial charge on any atom is 0.235 e. The van der Waals surface area contributed by atoms with Gasteiger partial charge in [-0.2, -0.15) is 9.98 Å². The fourth-order valence-electron chi connectivity index (χ4n) is 2.10. The van der Waals surface area contributed by atoms with Gasteiger partial charge in [0.15, 0.2) is 0 Å². The Balaban J connectivity index is 2.79. The maximum atomic E-state index is 10.3. The van der Waals surface area contributed by atoms with E-state index in [1.165, 1.54) is 0 Å². The first kappa shape index (κ1) is 16.0. The van der Waals surface area contributed by atoms with E-state index < -0.39 is 11.1 Å². The van der Waals surface area contributed by atoms with Crippen LogP contribution in [0.25, 0.3) is 0 Å². The minimum absolute atomic E-state index is 0.440. The summed E-state index contributed by atoms with van der Waals surface area (Å²) in [5, 5.41) is 0. The van der Waals surface area contributed by atoms with Crippen molar-refractivity contribution in [1.82, 2.24) is 0 Å². The van der Waals surface area contributed by atoms with Crippen molar-refractivity contribution in [2.45, 2.75) is 51.6 Å². The number of hydrogen-bond acceptors (Lipinski definition) is 4. The minimum Gasteiger partial charge on any atom is -0.211 e. The summed E-state index contributed by atoms with van der Waals surface area (Å²) in [7, 11) is 0. The van der Waals surface area contributed by atoms with Crippen LogP contribution in [0, 0.1) is 0 Å². The average Bonchev–Trinajstić information content (AvgIpc) is 2.30. The molecule has 0 atom stereocenters. The third-order valence-electron chi connectivity index (χ3n) is 2.99. The Kier molecular flexibility index (Phi) is 5.15. The highest BCUT2D eigenvalue weighted by molar-refractivity contribution is 5.36. The van der Waals surface area contributed by atoms with Crippen molar-refractivity contribution < 1.29 is 9.59 Å². The van der Waals surface area contributed by atoms with Gasteiger partial charge < -0.3 is 0 Å². The SMILES string of the molecule is CC(C)(Cc1ccc(CC(C)(C)N=C=O)cc1)N=C=O. The molecule has 0 N–H and O–H groups in total. The molecule has 4 heteroatoms. The van der Waals surface area contributed by atoms with E-state index in [4.69, 9.17) is 0 Å². The Morgan fingerprint density at radius 1 is 0.800 bits per heavy atom. The van der Waals surface area contributed by atoms with Crippen LogP contribution in [0.4, 0.5) is 0 Å². The van der Waals surface area contributed by atoms with E-state index in [1.807, 2.05) is 52.0 Å². The van der Waals surface area contributed by atoms with E-state index >= 15 is 0 Å². The van der Waals surface area contributed by atoms with Crippen LogP contribution in [0.1, 0.15) is 38.8 Å². The Hall–Kier alpha value is -2.02. The largest absolute Gasteiger partial charge is 0.235 e. The van der Waals surface area contributed by atoms with Gasteiger partial charge in [-0.05, 0) is 51.7 Å². The summed E-state index contributed by atoms with van der Waals surface area (Å²) in [6, 6.07) is 8.05. The van der Waals surface area contributed by atoms with Gasteiger partial charge in [0.1, 0.15) is 0 Å². The molecule has 0 spiro atoms. The van der Waals surface area contributed by atoms with Gasteiger partial charge in [-0.3, -0.25) is 0 Å². The number of carbonyl (C=O) groups excluding carboxylic acids is 2. The minimum atomic E-state index is -0.440. The third-order valence-corrected chi connectivity index (χ3v) is 2.99. The summed E-state index contributed by atoms with van der Waals surface area (Å²) in [5.41, 5.74) is 1.33. The number of nitrogens with zero attached hydrogens (tertiary/aromatic N) is 2. The molecule has 0 fully saturated rings. The Bertz CT molecular complexity index is 495. The predicted octanol–water partition coefficient (Wildman–Crippen LogP) is 3.00. The molecule has 0 bridgehead atoms. The summed E-state index contributed by atoms with van der Waals surface area (Å²) < 4.78 is 0. The van der Waals surface area contributed by atoms with Gasteiger partial charge in [0.25, 0.3) is 0 Å². The van der Waals surface area contributed by atoms with Crippen molar-refractivity contribution in [1.29, 1.82) is 0 Å². The lowest BCUT2D eigenvalue weighted by Crippen LogP contribution is -2.21. The molecule has 0 saturated heterocycles. The van der Waals surface area contributed by atoms with Crippen LogP contribution < -0.4 is 0 Å². The van der Waals surface area contributed by atoms with Crippen LogP contribution in [-0.4, -0.2) is 23.2 Å². The second-order valence-corrected chi connectivity index (χ2v) is 6.20. The van der Waals surface area contributed by atoms with Gasteiger partial charge in [-0.1, -0.05) is 24.3 Å². The molecule has 4 nitrogen and oxygen atoms in total. The molecule has 0 unspecified atom stereocenters. The second-order valence-electron chi connectivity index (χ2n) is 6.20. The lowest BCUT2D eigenvalue weighted by atomic mass is 9.92. The number of rotatable bonds is 6. The quantitative estimate of drug-likeness (QED) is 0.590. The molecule has 106 valence electrons. The van der Waals surface area contributed by atoms with E-state index in [0.717, 1.165) is 11.1 Å². The first-order chi connectivity index (χ1) is 9.28.